The molecule has 1 aliphatic carbocycles. The Hall–Kier alpha value is -1.77. The van der Waals surface area contributed by atoms with Gasteiger partial charge in [-0.25, -0.2) is 0 Å². The second-order valence-corrected chi connectivity index (χ2v) is 5.76. The molecule has 3 heteroatoms. The molecule has 0 saturated heterocycles. The van der Waals surface area contributed by atoms with E-state index in [0.717, 1.165) is 31.4 Å². The normalized spacial score (nSPS) is 19.4. The zero-order chi connectivity index (χ0) is 13.0. The van der Waals surface area contributed by atoms with Crippen molar-refractivity contribution in [2.75, 3.05) is 7.11 Å². The van der Waals surface area contributed by atoms with Crippen molar-refractivity contribution in [1.29, 1.82) is 0 Å². The molecule has 2 aromatic rings. The quantitative estimate of drug-likeness (QED) is 0.773. The van der Waals surface area contributed by atoms with Gasteiger partial charge in [0, 0.05) is 18.1 Å². The molecule has 0 amide bonds. The van der Waals surface area contributed by atoms with Gasteiger partial charge in [0.25, 0.3) is 0 Å². The van der Waals surface area contributed by atoms with E-state index in [9.17, 15) is 4.79 Å². The predicted octanol–water partition coefficient (Wildman–Crippen LogP) is 2.79. The van der Waals surface area contributed by atoms with E-state index >= 15 is 0 Å². The molecule has 1 aromatic carbocycles. The summed E-state index contributed by atoms with van der Waals surface area (Å²) >= 11 is 0. The lowest BCUT2D eigenvalue weighted by molar-refractivity contribution is -0.143. The molecule has 2 heterocycles. The van der Waals surface area contributed by atoms with Crippen LogP contribution < -0.4 is 0 Å². The smallest absolute Gasteiger partial charge is 0.316 e. The van der Waals surface area contributed by atoms with Gasteiger partial charge in [0.2, 0.25) is 0 Å². The fourth-order valence-electron chi connectivity index (χ4n) is 3.47. The minimum Gasteiger partial charge on any atom is -0.468 e. The lowest BCUT2D eigenvalue weighted by Crippen LogP contribution is -2.22. The van der Waals surface area contributed by atoms with Gasteiger partial charge in [0.15, 0.2) is 0 Å². The van der Waals surface area contributed by atoms with Gasteiger partial charge < -0.3 is 9.30 Å². The molecule has 1 saturated carbocycles. The number of rotatable bonds is 2. The molecule has 0 N–H and O–H groups in total. The van der Waals surface area contributed by atoms with E-state index in [0.29, 0.717) is 0 Å². The SMILES string of the molecule is COC(=O)C1(c2cc3c4c(ccn4CCC3)c2)CC1. The molecule has 4 rings (SSSR count). The number of carbonyl (C=O) groups is 1. The third kappa shape index (κ3) is 1.41. The first-order valence-electron chi connectivity index (χ1n) is 6.95. The molecule has 19 heavy (non-hydrogen) atoms. The van der Waals surface area contributed by atoms with Gasteiger partial charge in [-0.1, -0.05) is 6.07 Å². The molecule has 1 aliphatic heterocycles. The van der Waals surface area contributed by atoms with Crippen LogP contribution in [0.1, 0.15) is 30.4 Å². The zero-order valence-corrected chi connectivity index (χ0v) is 11.1. The van der Waals surface area contributed by atoms with E-state index in [1.165, 1.54) is 30.0 Å². The fourth-order valence-corrected chi connectivity index (χ4v) is 3.47. The van der Waals surface area contributed by atoms with Crippen LogP contribution >= 0.6 is 0 Å². The summed E-state index contributed by atoms with van der Waals surface area (Å²) in [5.74, 6) is -0.0747. The average Bonchev–Trinajstić information content (AvgIpc) is 3.16. The van der Waals surface area contributed by atoms with Crippen LogP contribution in [0.3, 0.4) is 0 Å². The van der Waals surface area contributed by atoms with Crippen LogP contribution in [0.2, 0.25) is 0 Å². The monoisotopic (exact) mass is 255 g/mol. The molecular formula is C16H17NO2. The summed E-state index contributed by atoms with van der Waals surface area (Å²) in [5, 5.41) is 1.27. The summed E-state index contributed by atoms with van der Waals surface area (Å²) in [6, 6.07) is 6.59. The van der Waals surface area contributed by atoms with E-state index in [2.05, 4.69) is 29.0 Å². The van der Waals surface area contributed by atoms with Crippen molar-refractivity contribution in [3.63, 3.8) is 0 Å². The van der Waals surface area contributed by atoms with E-state index in [4.69, 9.17) is 4.74 Å². The van der Waals surface area contributed by atoms with Crippen LogP contribution in [0.25, 0.3) is 10.9 Å². The molecule has 1 fully saturated rings. The van der Waals surface area contributed by atoms with Gasteiger partial charge in [-0.2, -0.15) is 0 Å². The Labute approximate surface area is 112 Å². The van der Waals surface area contributed by atoms with E-state index in [1.807, 2.05) is 0 Å². The number of carbonyl (C=O) groups excluding carboxylic acids is 1. The number of benzene rings is 1. The van der Waals surface area contributed by atoms with Gasteiger partial charge in [-0.05, 0) is 48.9 Å². The van der Waals surface area contributed by atoms with Crippen molar-refractivity contribution in [1.82, 2.24) is 4.57 Å². The number of ether oxygens (including phenoxy) is 1. The van der Waals surface area contributed by atoms with Crippen molar-refractivity contribution in [2.45, 2.75) is 37.6 Å². The molecule has 0 radical (unpaired) electrons. The van der Waals surface area contributed by atoms with Crippen molar-refractivity contribution in [2.24, 2.45) is 0 Å². The molecule has 1 aromatic heterocycles. The van der Waals surface area contributed by atoms with Crippen LogP contribution in [0.4, 0.5) is 0 Å². The predicted molar refractivity (Wildman–Crippen MR) is 73.2 cm³/mol. The number of aromatic nitrogens is 1. The summed E-state index contributed by atoms with van der Waals surface area (Å²) in [6.45, 7) is 1.11. The average molecular weight is 255 g/mol. The molecule has 0 bridgehead atoms. The largest absolute Gasteiger partial charge is 0.468 e. The Morgan fingerprint density at radius 1 is 1.37 bits per heavy atom. The van der Waals surface area contributed by atoms with Gasteiger partial charge in [-0.15, -0.1) is 0 Å². The maximum Gasteiger partial charge on any atom is 0.316 e. The highest BCUT2D eigenvalue weighted by molar-refractivity contribution is 5.91. The highest BCUT2D eigenvalue weighted by Crippen LogP contribution is 2.50. The first-order chi connectivity index (χ1) is 9.24. The maximum absolute atomic E-state index is 12.0. The van der Waals surface area contributed by atoms with Gasteiger partial charge >= 0.3 is 5.97 Å². The lowest BCUT2D eigenvalue weighted by Gasteiger charge is -2.19. The standard InChI is InChI=1S/C16H17NO2/c1-19-15(18)16(5-6-16)13-9-11-3-2-7-17-8-4-12(10-13)14(11)17/h4,8-10H,2-3,5-7H2,1H3. The van der Waals surface area contributed by atoms with Crippen LogP contribution in [0.15, 0.2) is 24.4 Å². The molecular weight excluding hydrogens is 238 g/mol. The highest BCUT2D eigenvalue weighted by Gasteiger charge is 2.52. The first kappa shape index (κ1) is 11.1. The summed E-state index contributed by atoms with van der Waals surface area (Å²) in [4.78, 5) is 12.0. The zero-order valence-electron chi connectivity index (χ0n) is 11.1. The Kier molecular flexibility index (Phi) is 2.12. The molecule has 3 nitrogen and oxygen atoms in total. The third-order valence-corrected chi connectivity index (χ3v) is 4.66. The number of aryl methyl sites for hydroxylation is 2. The van der Waals surface area contributed by atoms with Crippen molar-refractivity contribution >= 4 is 16.9 Å². The van der Waals surface area contributed by atoms with Crippen molar-refractivity contribution in [3.05, 3.63) is 35.5 Å². The Balaban J connectivity index is 1.91. The minimum atomic E-state index is -0.348. The van der Waals surface area contributed by atoms with Gasteiger partial charge in [0.05, 0.1) is 18.0 Å². The summed E-state index contributed by atoms with van der Waals surface area (Å²) in [5.41, 5.74) is 3.55. The number of hydrogen-bond acceptors (Lipinski definition) is 2. The molecule has 0 unspecified atom stereocenters. The van der Waals surface area contributed by atoms with E-state index in [1.54, 1.807) is 0 Å². The minimum absolute atomic E-state index is 0.0747. The molecule has 2 aliphatic rings. The number of nitrogens with zero attached hydrogens (tertiary/aromatic N) is 1. The van der Waals surface area contributed by atoms with E-state index in [-0.39, 0.29) is 11.4 Å². The third-order valence-electron chi connectivity index (χ3n) is 4.66. The first-order valence-corrected chi connectivity index (χ1v) is 6.95. The maximum atomic E-state index is 12.0. The van der Waals surface area contributed by atoms with Crippen LogP contribution in [-0.4, -0.2) is 17.6 Å². The number of methoxy groups -OCH3 is 1. The topological polar surface area (TPSA) is 31.2 Å². The molecule has 0 spiro atoms. The summed E-state index contributed by atoms with van der Waals surface area (Å²) in [7, 11) is 1.49. The van der Waals surface area contributed by atoms with Crippen molar-refractivity contribution in [3.8, 4) is 0 Å². The molecule has 98 valence electrons. The van der Waals surface area contributed by atoms with Crippen molar-refractivity contribution < 1.29 is 9.53 Å². The number of hydrogen-bond donors (Lipinski definition) is 0. The van der Waals surface area contributed by atoms with Gasteiger partial charge in [0.1, 0.15) is 0 Å². The second kappa shape index (κ2) is 3.62. The lowest BCUT2D eigenvalue weighted by atomic mass is 9.91. The highest BCUT2D eigenvalue weighted by atomic mass is 16.5. The number of esters is 1. The molecule has 0 atom stereocenters. The Bertz CT molecular complexity index is 679. The Morgan fingerprint density at radius 2 is 2.21 bits per heavy atom. The van der Waals surface area contributed by atoms with Crippen LogP contribution in [0.5, 0.6) is 0 Å². The summed E-state index contributed by atoms with van der Waals surface area (Å²) < 4.78 is 7.32. The second-order valence-electron chi connectivity index (χ2n) is 5.76. The Morgan fingerprint density at radius 3 is 2.95 bits per heavy atom. The van der Waals surface area contributed by atoms with Crippen LogP contribution in [-0.2, 0) is 27.9 Å². The van der Waals surface area contributed by atoms with Gasteiger partial charge in [-0.3, -0.25) is 4.79 Å². The van der Waals surface area contributed by atoms with E-state index < -0.39 is 0 Å². The summed E-state index contributed by atoms with van der Waals surface area (Å²) in [6.07, 6.45) is 6.31. The van der Waals surface area contributed by atoms with Crippen LogP contribution in [0, 0.1) is 0 Å². The fraction of sp³-hybridized carbons (Fsp3) is 0.438.